The van der Waals surface area contributed by atoms with Crippen molar-refractivity contribution in [2.45, 2.75) is 51.4 Å². The van der Waals surface area contributed by atoms with E-state index in [4.69, 9.17) is 4.74 Å². The summed E-state index contributed by atoms with van der Waals surface area (Å²) in [5.41, 5.74) is -0.0935. The van der Waals surface area contributed by atoms with Crippen LogP contribution >= 0.6 is 0 Å². The molecule has 5 heteroatoms. The van der Waals surface area contributed by atoms with Gasteiger partial charge in [-0.1, -0.05) is 12.1 Å². The number of amides is 1. The van der Waals surface area contributed by atoms with E-state index >= 15 is 0 Å². The summed E-state index contributed by atoms with van der Waals surface area (Å²) in [7, 11) is 0. The summed E-state index contributed by atoms with van der Waals surface area (Å²) in [5, 5.41) is 10.4. The molecular weight excluding hydrogens is 273 g/mol. The molecular formula is C16H22FNO3. The number of carbonyl (C=O) groups excluding carboxylic acids is 1. The lowest BCUT2D eigenvalue weighted by Gasteiger charge is -2.31. The molecule has 21 heavy (non-hydrogen) atoms. The van der Waals surface area contributed by atoms with Crippen molar-refractivity contribution in [3.05, 3.63) is 35.6 Å². The van der Waals surface area contributed by atoms with Crippen LogP contribution in [0.2, 0.25) is 0 Å². The third-order valence-corrected chi connectivity index (χ3v) is 3.48. The minimum Gasteiger partial charge on any atom is -0.444 e. The van der Waals surface area contributed by atoms with Crippen LogP contribution in [0.1, 0.15) is 45.3 Å². The molecule has 1 amide bonds. The zero-order chi connectivity index (χ0) is 15.6. The minimum atomic E-state index is -0.907. The molecule has 1 N–H and O–H groups in total. The number of aliphatic hydroxyl groups is 1. The van der Waals surface area contributed by atoms with Gasteiger partial charge in [0.05, 0.1) is 12.1 Å². The first-order valence-corrected chi connectivity index (χ1v) is 7.21. The van der Waals surface area contributed by atoms with Gasteiger partial charge in [-0.3, -0.25) is 0 Å². The van der Waals surface area contributed by atoms with Crippen molar-refractivity contribution in [1.82, 2.24) is 4.90 Å². The molecule has 0 spiro atoms. The van der Waals surface area contributed by atoms with Crippen LogP contribution in [-0.4, -0.2) is 34.3 Å². The van der Waals surface area contributed by atoms with Crippen molar-refractivity contribution in [1.29, 1.82) is 0 Å². The molecule has 1 aromatic carbocycles. The Morgan fingerprint density at radius 3 is 2.81 bits per heavy atom. The normalized spacial score (nSPS) is 20.4. The minimum absolute atomic E-state index is 0.373. The van der Waals surface area contributed by atoms with E-state index < -0.39 is 23.6 Å². The van der Waals surface area contributed by atoms with Crippen molar-refractivity contribution in [3.8, 4) is 0 Å². The molecule has 2 atom stereocenters. The van der Waals surface area contributed by atoms with E-state index in [0.29, 0.717) is 18.5 Å². The van der Waals surface area contributed by atoms with E-state index in [2.05, 4.69) is 0 Å². The fraction of sp³-hybridized carbons (Fsp3) is 0.562. The summed E-state index contributed by atoms with van der Waals surface area (Å²) in [6, 6.07) is 5.48. The second-order valence-corrected chi connectivity index (χ2v) is 6.38. The van der Waals surface area contributed by atoms with Crippen LogP contribution < -0.4 is 0 Å². The maximum Gasteiger partial charge on any atom is 0.410 e. The molecule has 1 aromatic rings. The lowest BCUT2D eigenvalue weighted by Crippen LogP contribution is -2.42. The molecule has 2 rings (SSSR count). The van der Waals surface area contributed by atoms with Crippen molar-refractivity contribution in [3.63, 3.8) is 0 Å². The highest BCUT2D eigenvalue weighted by Gasteiger charge is 2.37. The molecule has 1 unspecified atom stereocenters. The van der Waals surface area contributed by atoms with Crippen LogP contribution in [0.5, 0.6) is 0 Å². The number of nitrogens with zero attached hydrogens (tertiary/aromatic N) is 1. The number of likely N-dealkylation sites (tertiary alicyclic amines) is 1. The fourth-order valence-corrected chi connectivity index (χ4v) is 2.58. The SMILES string of the molecule is CC(C)(C)OC(=O)N1CCC[C@H]1C(O)c1cccc(F)c1. The average Bonchev–Trinajstić information content (AvgIpc) is 2.85. The Morgan fingerprint density at radius 1 is 1.48 bits per heavy atom. The molecule has 1 heterocycles. The van der Waals surface area contributed by atoms with Gasteiger partial charge in [-0.25, -0.2) is 9.18 Å². The van der Waals surface area contributed by atoms with Gasteiger partial charge in [-0.15, -0.1) is 0 Å². The molecule has 0 bridgehead atoms. The Kier molecular flexibility index (Phi) is 4.52. The highest BCUT2D eigenvalue weighted by atomic mass is 19.1. The van der Waals surface area contributed by atoms with Gasteiger partial charge in [0.25, 0.3) is 0 Å². The van der Waals surface area contributed by atoms with Crippen LogP contribution in [0, 0.1) is 5.82 Å². The van der Waals surface area contributed by atoms with E-state index in [9.17, 15) is 14.3 Å². The van der Waals surface area contributed by atoms with Gasteiger partial charge >= 0.3 is 6.09 Å². The molecule has 1 aliphatic rings. The Hall–Kier alpha value is -1.62. The standard InChI is InChI=1S/C16H22FNO3/c1-16(2,3)21-15(20)18-9-5-8-13(18)14(19)11-6-4-7-12(17)10-11/h4,6-7,10,13-14,19H,5,8-9H2,1-3H3/t13-,14?/m0/s1. The maximum atomic E-state index is 13.3. The predicted molar refractivity (Wildman–Crippen MR) is 77.3 cm³/mol. The highest BCUT2D eigenvalue weighted by molar-refractivity contribution is 5.69. The maximum absolute atomic E-state index is 13.3. The van der Waals surface area contributed by atoms with Crippen LogP contribution in [0.25, 0.3) is 0 Å². The van der Waals surface area contributed by atoms with E-state index in [1.165, 1.54) is 12.1 Å². The lowest BCUT2D eigenvalue weighted by molar-refractivity contribution is 0.00487. The largest absolute Gasteiger partial charge is 0.444 e. The highest BCUT2D eigenvalue weighted by Crippen LogP contribution is 2.30. The van der Waals surface area contributed by atoms with Crippen molar-refractivity contribution < 1.29 is 19.0 Å². The molecule has 1 fully saturated rings. The van der Waals surface area contributed by atoms with Crippen molar-refractivity contribution >= 4 is 6.09 Å². The van der Waals surface area contributed by atoms with Gasteiger partial charge < -0.3 is 14.7 Å². The topological polar surface area (TPSA) is 49.8 Å². The number of benzene rings is 1. The van der Waals surface area contributed by atoms with E-state index in [1.54, 1.807) is 37.8 Å². The van der Waals surface area contributed by atoms with Gasteiger partial charge in [-0.2, -0.15) is 0 Å². The zero-order valence-corrected chi connectivity index (χ0v) is 12.7. The average molecular weight is 295 g/mol. The molecule has 1 saturated heterocycles. The first-order valence-electron chi connectivity index (χ1n) is 7.21. The summed E-state index contributed by atoms with van der Waals surface area (Å²) >= 11 is 0. The molecule has 0 saturated carbocycles. The molecule has 0 aliphatic carbocycles. The number of halogens is 1. The summed E-state index contributed by atoms with van der Waals surface area (Å²) in [4.78, 5) is 13.7. The van der Waals surface area contributed by atoms with Crippen molar-refractivity contribution in [2.24, 2.45) is 0 Å². The Labute approximate surface area is 124 Å². The van der Waals surface area contributed by atoms with Crippen LogP contribution in [-0.2, 0) is 4.74 Å². The Bertz CT molecular complexity index is 512. The van der Waals surface area contributed by atoms with E-state index in [1.807, 2.05) is 0 Å². The monoisotopic (exact) mass is 295 g/mol. The van der Waals surface area contributed by atoms with Crippen molar-refractivity contribution in [2.75, 3.05) is 6.54 Å². The lowest BCUT2D eigenvalue weighted by atomic mass is 10.0. The Morgan fingerprint density at radius 2 is 2.19 bits per heavy atom. The number of ether oxygens (including phenoxy) is 1. The third-order valence-electron chi connectivity index (χ3n) is 3.48. The molecule has 116 valence electrons. The van der Waals surface area contributed by atoms with Gasteiger partial charge in [0, 0.05) is 6.54 Å². The van der Waals surface area contributed by atoms with E-state index in [-0.39, 0.29) is 6.04 Å². The summed E-state index contributed by atoms with van der Waals surface area (Å²) in [5.74, 6) is -0.395. The first kappa shape index (κ1) is 15.8. The summed E-state index contributed by atoms with van der Waals surface area (Å²) < 4.78 is 18.6. The summed E-state index contributed by atoms with van der Waals surface area (Å²) in [6.07, 6.45) is 0.142. The number of rotatable bonds is 2. The summed E-state index contributed by atoms with van der Waals surface area (Å²) in [6.45, 7) is 5.96. The quantitative estimate of drug-likeness (QED) is 0.911. The van der Waals surface area contributed by atoms with Crippen LogP contribution in [0.15, 0.2) is 24.3 Å². The van der Waals surface area contributed by atoms with Crippen LogP contribution in [0.4, 0.5) is 9.18 Å². The second-order valence-electron chi connectivity index (χ2n) is 6.38. The number of aliphatic hydroxyl groups excluding tert-OH is 1. The van der Waals surface area contributed by atoms with Gasteiger partial charge in [0.1, 0.15) is 11.4 Å². The number of hydrogen-bond donors (Lipinski definition) is 1. The molecule has 4 nitrogen and oxygen atoms in total. The van der Waals surface area contributed by atoms with E-state index in [0.717, 1.165) is 6.42 Å². The molecule has 0 radical (unpaired) electrons. The van der Waals surface area contributed by atoms with Gasteiger partial charge in [0.15, 0.2) is 0 Å². The number of hydrogen-bond acceptors (Lipinski definition) is 3. The second kappa shape index (κ2) is 6.02. The fourth-order valence-electron chi connectivity index (χ4n) is 2.58. The third kappa shape index (κ3) is 3.94. The van der Waals surface area contributed by atoms with Gasteiger partial charge in [0.2, 0.25) is 0 Å². The molecule has 1 aliphatic heterocycles. The molecule has 0 aromatic heterocycles. The number of carbonyl (C=O) groups is 1. The predicted octanol–water partition coefficient (Wildman–Crippen LogP) is 3.26. The first-order chi connectivity index (χ1) is 9.78. The Balaban J connectivity index is 2.13. The van der Waals surface area contributed by atoms with Gasteiger partial charge in [-0.05, 0) is 51.3 Å². The zero-order valence-electron chi connectivity index (χ0n) is 12.7. The van der Waals surface area contributed by atoms with Crippen LogP contribution in [0.3, 0.4) is 0 Å². The smallest absolute Gasteiger partial charge is 0.410 e.